The van der Waals surface area contributed by atoms with Gasteiger partial charge in [-0.15, -0.1) is 0 Å². The van der Waals surface area contributed by atoms with E-state index in [-0.39, 0.29) is 24.3 Å². The van der Waals surface area contributed by atoms with Gasteiger partial charge in [0.15, 0.2) is 0 Å². The van der Waals surface area contributed by atoms with Crippen molar-refractivity contribution in [3.8, 4) is 16.9 Å². The van der Waals surface area contributed by atoms with Gasteiger partial charge >= 0.3 is 0 Å². The van der Waals surface area contributed by atoms with Crippen LogP contribution in [0.4, 0.5) is 5.69 Å². The Labute approximate surface area is 195 Å². The topological polar surface area (TPSA) is 81.0 Å². The first kappa shape index (κ1) is 22.7. The molecular weight excluding hydrogens is 420 g/mol. The smallest absolute Gasteiger partial charge is 0.237 e. The number of piperidine rings is 1. The Morgan fingerprint density at radius 3 is 2.76 bits per heavy atom. The lowest BCUT2D eigenvalue weighted by Crippen LogP contribution is -2.46. The van der Waals surface area contributed by atoms with E-state index in [0.29, 0.717) is 0 Å². The van der Waals surface area contributed by atoms with Crippen LogP contribution in [0.15, 0.2) is 24.5 Å². The maximum atomic E-state index is 10.5. The van der Waals surface area contributed by atoms with Crippen molar-refractivity contribution in [2.75, 3.05) is 32.2 Å². The van der Waals surface area contributed by atoms with Crippen molar-refractivity contribution >= 4 is 5.69 Å². The van der Waals surface area contributed by atoms with Gasteiger partial charge in [0, 0.05) is 55.4 Å². The maximum Gasteiger partial charge on any atom is 0.237 e. The molecule has 0 radical (unpaired) electrons. The number of nitrogens with zero attached hydrogens (tertiary/aromatic N) is 3. The molecule has 5 rings (SSSR count). The SMILES string of the molecule is COC1CNCCC1n1cc(-c2ccc3c(c2OC2CCC2)CC[C@H](C)N3C(O)OC)cn1. The van der Waals surface area contributed by atoms with Crippen LogP contribution in [0.5, 0.6) is 5.75 Å². The van der Waals surface area contributed by atoms with Crippen LogP contribution in [-0.4, -0.2) is 66.9 Å². The molecule has 33 heavy (non-hydrogen) atoms. The summed E-state index contributed by atoms with van der Waals surface area (Å²) < 4.78 is 19.7. The third kappa shape index (κ3) is 4.25. The van der Waals surface area contributed by atoms with E-state index in [4.69, 9.17) is 19.3 Å². The standard InChI is InChI=1S/C25H36N4O4/c1-16-7-8-20-21(29(16)25(30)32-3)10-9-19(24(20)33-18-5-4-6-18)17-13-27-28(15-17)22-11-12-26-14-23(22)31-2/h9-10,13,15-16,18,22-23,25-26,30H,4-8,11-12,14H2,1-3H3/t16-,22?,23?,25?/m0/s1. The molecular formula is C25H36N4O4. The second kappa shape index (κ2) is 9.62. The van der Waals surface area contributed by atoms with Gasteiger partial charge in [-0.1, -0.05) is 0 Å². The summed E-state index contributed by atoms with van der Waals surface area (Å²) in [7, 11) is 3.30. The van der Waals surface area contributed by atoms with Crippen LogP contribution in [0.25, 0.3) is 11.1 Å². The first-order valence-corrected chi connectivity index (χ1v) is 12.2. The van der Waals surface area contributed by atoms with Gasteiger partial charge in [0.25, 0.3) is 0 Å². The first-order chi connectivity index (χ1) is 16.1. The van der Waals surface area contributed by atoms with Crippen molar-refractivity contribution in [3.63, 3.8) is 0 Å². The molecule has 2 N–H and O–H groups in total. The minimum atomic E-state index is -0.977. The van der Waals surface area contributed by atoms with E-state index in [0.717, 1.165) is 73.3 Å². The highest BCUT2D eigenvalue weighted by atomic mass is 16.6. The molecule has 1 aromatic carbocycles. The van der Waals surface area contributed by atoms with Crippen LogP contribution >= 0.6 is 0 Å². The number of hydrogen-bond acceptors (Lipinski definition) is 7. The fourth-order valence-corrected chi connectivity index (χ4v) is 5.32. The quantitative estimate of drug-likeness (QED) is 0.620. The van der Waals surface area contributed by atoms with Gasteiger partial charge < -0.3 is 29.5 Å². The molecule has 1 aliphatic carbocycles. The number of fused-ring (bicyclic) bond motifs is 1. The number of ether oxygens (including phenoxy) is 3. The minimum absolute atomic E-state index is 0.103. The zero-order valence-corrected chi connectivity index (χ0v) is 19.9. The van der Waals surface area contributed by atoms with Crippen molar-refractivity contribution in [1.82, 2.24) is 15.1 Å². The third-order valence-corrected chi connectivity index (χ3v) is 7.53. The number of aromatic nitrogens is 2. The molecule has 180 valence electrons. The normalized spacial score (nSPS) is 26.5. The highest BCUT2D eigenvalue weighted by Gasteiger charge is 2.33. The number of aliphatic hydroxyl groups excluding tert-OH is 1. The molecule has 1 saturated heterocycles. The lowest BCUT2D eigenvalue weighted by molar-refractivity contribution is -0.0795. The summed E-state index contributed by atoms with van der Waals surface area (Å²) in [5, 5.41) is 18.7. The van der Waals surface area contributed by atoms with Crippen LogP contribution < -0.4 is 15.0 Å². The number of nitrogens with one attached hydrogen (secondary N) is 1. The summed E-state index contributed by atoms with van der Waals surface area (Å²) in [6, 6.07) is 4.60. The molecule has 0 bridgehead atoms. The molecule has 8 nitrogen and oxygen atoms in total. The third-order valence-electron chi connectivity index (χ3n) is 7.53. The Kier molecular flexibility index (Phi) is 6.60. The van der Waals surface area contributed by atoms with Crippen LogP contribution in [0.2, 0.25) is 0 Å². The molecule has 0 amide bonds. The van der Waals surface area contributed by atoms with Crippen LogP contribution in [0.3, 0.4) is 0 Å². The molecule has 3 aliphatic rings. The number of methoxy groups -OCH3 is 2. The molecule has 4 atom stereocenters. The summed E-state index contributed by atoms with van der Waals surface area (Å²) in [6.45, 7) is 3.92. The van der Waals surface area contributed by atoms with E-state index in [2.05, 4.69) is 35.3 Å². The van der Waals surface area contributed by atoms with Gasteiger partial charge in [-0.3, -0.25) is 4.68 Å². The fourth-order valence-electron chi connectivity index (χ4n) is 5.32. The van der Waals surface area contributed by atoms with E-state index in [9.17, 15) is 5.11 Å². The Balaban J connectivity index is 1.53. The average Bonchev–Trinajstić information content (AvgIpc) is 3.30. The average molecular weight is 457 g/mol. The van der Waals surface area contributed by atoms with E-state index < -0.39 is 6.41 Å². The molecule has 8 heteroatoms. The Bertz CT molecular complexity index is 960. The summed E-state index contributed by atoms with van der Waals surface area (Å²) in [4.78, 5) is 1.96. The second-order valence-corrected chi connectivity index (χ2v) is 9.51. The number of hydrogen-bond donors (Lipinski definition) is 2. The van der Waals surface area contributed by atoms with Crippen molar-refractivity contribution < 1.29 is 19.3 Å². The highest BCUT2D eigenvalue weighted by Crippen LogP contribution is 2.45. The van der Waals surface area contributed by atoms with Gasteiger partial charge in [-0.2, -0.15) is 5.10 Å². The molecule has 1 aromatic heterocycles. The van der Waals surface area contributed by atoms with E-state index >= 15 is 0 Å². The van der Waals surface area contributed by atoms with Gasteiger partial charge in [0.05, 0.1) is 24.4 Å². The first-order valence-electron chi connectivity index (χ1n) is 12.2. The number of rotatable bonds is 7. The number of aliphatic hydroxyl groups is 1. The van der Waals surface area contributed by atoms with Gasteiger partial charge in [0.1, 0.15) is 5.75 Å². The number of anilines is 1. The second-order valence-electron chi connectivity index (χ2n) is 9.51. The Morgan fingerprint density at radius 1 is 1.18 bits per heavy atom. The van der Waals surface area contributed by atoms with Crippen molar-refractivity contribution in [2.45, 2.75) is 76.2 Å². The summed E-state index contributed by atoms with van der Waals surface area (Å²) in [5.41, 5.74) is 4.26. The van der Waals surface area contributed by atoms with E-state index in [1.165, 1.54) is 13.5 Å². The summed E-state index contributed by atoms with van der Waals surface area (Å²) >= 11 is 0. The Hall–Kier alpha value is -2.13. The van der Waals surface area contributed by atoms with Gasteiger partial charge in [-0.25, -0.2) is 0 Å². The predicted octanol–water partition coefficient (Wildman–Crippen LogP) is 3.09. The van der Waals surface area contributed by atoms with Crippen LogP contribution in [-0.2, 0) is 15.9 Å². The molecule has 0 spiro atoms. The summed E-state index contributed by atoms with van der Waals surface area (Å²) in [5.74, 6) is 0.936. The van der Waals surface area contributed by atoms with Crippen LogP contribution in [0.1, 0.15) is 50.6 Å². The van der Waals surface area contributed by atoms with E-state index in [1.807, 2.05) is 11.1 Å². The zero-order valence-electron chi connectivity index (χ0n) is 19.9. The molecule has 2 aliphatic heterocycles. The monoisotopic (exact) mass is 456 g/mol. The lowest BCUT2D eigenvalue weighted by Gasteiger charge is -2.40. The predicted molar refractivity (Wildman–Crippen MR) is 127 cm³/mol. The van der Waals surface area contributed by atoms with E-state index in [1.54, 1.807) is 7.11 Å². The zero-order chi connectivity index (χ0) is 22.9. The lowest BCUT2D eigenvalue weighted by atomic mass is 9.91. The minimum Gasteiger partial charge on any atom is -0.489 e. The maximum absolute atomic E-state index is 10.5. The van der Waals surface area contributed by atoms with Gasteiger partial charge in [0.2, 0.25) is 6.41 Å². The molecule has 2 fully saturated rings. The largest absolute Gasteiger partial charge is 0.489 e. The van der Waals surface area contributed by atoms with Crippen molar-refractivity contribution in [1.29, 1.82) is 0 Å². The fraction of sp³-hybridized carbons (Fsp3) is 0.640. The molecule has 2 aromatic rings. The van der Waals surface area contributed by atoms with Crippen molar-refractivity contribution in [3.05, 3.63) is 30.1 Å². The number of benzene rings is 1. The Morgan fingerprint density at radius 2 is 2.03 bits per heavy atom. The molecule has 3 heterocycles. The van der Waals surface area contributed by atoms with Crippen LogP contribution in [0, 0.1) is 0 Å². The molecule has 1 saturated carbocycles. The molecule has 3 unspecified atom stereocenters. The summed E-state index contributed by atoms with van der Waals surface area (Å²) in [6.07, 6.45) is 9.68. The highest BCUT2D eigenvalue weighted by molar-refractivity contribution is 5.77. The van der Waals surface area contributed by atoms with Gasteiger partial charge in [-0.05, 0) is 64.1 Å². The van der Waals surface area contributed by atoms with Crippen molar-refractivity contribution in [2.24, 2.45) is 0 Å².